The van der Waals surface area contributed by atoms with Crippen LogP contribution in [-0.4, -0.2) is 7.11 Å². The van der Waals surface area contributed by atoms with Crippen molar-refractivity contribution >= 4 is 5.69 Å². The van der Waals surface area contributed by atoms with E-state index in [1.54, 1.807) is 19.2 Å². The highest BCUT2D eigenvalue weighted by molar-refractivity contribution is 5.49. The van der Waals surface area contributed by atoms with Crippen LogP contribution < -0.4 is 10.1 Å². The third-order valence-corrected chi connectivity index (χ3v) is 2.42. The molecule has 0 unspecified atom stereocenters. The van der Waals surface area contributed by atoms with Gasteiger partial charge in [-0.1, -0.05) is 0 Å². The van der Waals surface area contributed by atoms with Crippen LogP contribution in [0.1, 0.15) is 11.5 Å². The molecule has 0 fully saturated rings. The van der Waals surface area contributed by atoms with Crippen LogP contribution >= 0.6 is 0 Å². The summed E-state index contributed by atoms with van der Waals surface area (Å²) in [6.45, 7) is 2.31. The predicted octanol–water partition coefficient (Wildman–Crippen LogP) is 3.35. The van der Waals surface area contributed by atoms with Crippen LogP contribution in [0.4, 0.5) is 10.1 Å². The molecule has 2 rings (SSSR count). The van der Waals surface area contributed by atoms with E-state index in [0.29, 0.717) is 18.0 Å². The summed E-state index contributed by atoms with van der Waals surface area (Å²) in [5.41, 5.74) is 0.401. The van der Waals surface area contributed by atoms with Gasteiger partial charge in [0.15, 0.2) is 0 Å². The second kappa shape index (κ2) is 4.91. The Morgan fingerprint density at radius 3 is 2.76 bits per heavy atom. The Labute approximate surface area is 99.2 Å². The summed E-state index contributed by atoms with van der Waals surface area (Å²) in [6, 6.07) is 8.30. The van der Waals surface area contributed by atoms with Crippen molar-refractivity contribution in [1.82, 2.24) is 0 Å². The molecule has 0 aliphatic carbocycles. The molecule has 0 saturated carbocycles. The maximum Gasteiger partial charge on any atom is 0.146 e. The summed E-state index contributed by atoms with van der Waals surface area (Å²) in [6.07, 6.45) is 0. The lowest BCUT2D eigenvalue weighted by molar-refractivity contribution is 0.414. The molecule has 17 heavy (non-hydrogen) atoms. The van der Waals surface area contributed by atoms with Gasteiger partial charge in [0.05, 0.1) is 19.3 Å². The maximum absolute atomic E-state index is 13.5. The molecule has 1 aromatic heterocycles. The van der Waals surface area contributed by atoms with E-state index in [1.165, 1.54) is 6.07 Å². The fourth-order valence-electron chi connectivity index (χ4n) is 1.53. The van der Waals surface area contributed by atoms with E-state index < -0.39 is 0 Å². The van der Waals surface area contributed by atoms with E-state index in [2.05, 4.69) is 5.32 Å². The van der Waals surface area contributed by atoms with Gasteiger partial charge in [-0.05, 0) is 31.2 Å². The molecule has 1 N–H and O–H groups in total. The Morgan fingerprint density at radius 2 is 2.12 bits per heavy atom. The Kier molecular flexibility index (Phi) is 3.32. The van der Waals surface area contributed by atoms with Gasteiger partial charge in [-0.2, -0.15) is 0 Å². The standard InChI is InChI=1S/C13H14FNO2/c1-9-3-4-11(17-9)8-15-13-7-10(16-2)5-6-12(13)14/h3-7,15H,8H2,1-2H3. The smallest absolute Gasteiger partial charge is 0.146 e. The topological polar surface area (TPSA) is 34.4 Å². The molecule has 0 bridgehead atoms. The number of aryl methyl sites for hydroxylation is 1. The van der Waals surface area contributed by atoms with E-state index in [0.717, 1.165) is 11.5 Å². The molecule has 0 saturated heterocycles. The van der Waals surface area contributed by atoms with Crippen molar-refractivity contribution in [3.8, 4) is 5.75 Å². The molecule has 1 heterocycles. The zero-order valence-electron chi connectivity index (χ0n) is 9.79. The molecular weight excluding hydrogens is 221 g/mol. The zero-order valence-corrected chi connectivity index (χ0v) is 9.79. The van der Waals surface area contributed by atoms with Crippen molar-refractivity contribution in [3.63, 3.8) is 0 Å². The molecular formula is C13H14FNO2. The van der Waals surface area contributed by atoms with E-state index in [4.69, 9.17) is 9.15 Å². The van der Waals surface area contributed by atoms with E-state index >= 15 is 0 Å². The molecule has 0 amide bonds. The van der Waals surface area contributed by atoms with Gasteiger partial charge in [-0.25, -0.2) is 4.39 Å². The van der Waals surface area contributed by atoms with Crippen LogP contribution in [0.3, 0.4) is 0 Å². The lowest BCUT2D eigenvalue weighted by atomic mass is 10.3. The van der Waals surface area contributed by atoms with Crippen molar-refractivity contribution in [1.29, 1.82) is 0 Å². The first-order chi connectivity index (χ1) is 8.19. The molecule has 1 aromatic carbocycles. The number of rotatable bonds is 4. The number of benzene rings is 1. The van der Waals surface area contributed by atoms with Gasteiger partial charge in [0, 0.05) is 6.07 Å². The van der Waals surface area contributed by atoms with Gasteiger partial charge in [-0.3, -0.25) is 0 Å². The van der Waals surface area contributed by atoms with Crippen LogP contribution in [0.5, 0.6) is 5.75 Å². The Balaban J connectivity index is 2.07. The van der Waals surface area contributed by atoms with E-state index in [9.17, 15) is 4.39 Å². The fourth-order valence-corrected chi connectivity index (χ4v) is 1.53. The van der Waals surface area contributed by atoms with Gasteiger partial charge < -0.3 is 14.5 Å². The molecule has 3 nitrogen and oxygen atoms in total. The summed E-state index contributed by atoms with van der Waals surface area (Å²) in [5, 5.41) is 2.97. The van der Waals surface area contributed by atoms with Crippen LogP contribution in [0.2, 0.25) is 0 Å². The maximum atomic E-state index is 13.5. The lowest BCUT2D eigenvalue weighted by Gasteiger charge is -2.07. The SMILES string of the molecule is COc1ccc(F)c(NCc2ccc(C)o2)c1. The first kappa shape index (κ1) is 11.5. The molecule has 0 radical (unpaired) electrons. The number of furan rings is 1. The number of hydrogen-bond acceptors (Lipinski definition) is 3. The number of hydrogen-bond donors (Lipinski definition) is 1. The van der Waals surface area contributed by atoms with Crippen molar-refractivity contribution in [2.45, 2.75) is 13.5 Å². The quantitative estimate of drug-likeness (QED) is 0.882. The van der Waals surface area contributed by atoms with Crippen LogP contribution in [-0.2, 0) is 6.54 Å². The van der Waals surface area contributed by atoms with Crippen LogP contribution in [0.15, 0.2) is 34.7 Å². The van der Waals surface area contributed by atoms with Crippen molar-refractivity contribution < 1.29 is 13.5 Å². The average molecular weight is 235 g/mol. The number of ether oxygens (including phenoxy) is 1. The molecule has 4 heteroatoms. The molecule has 0 aliphatic heterocycles. The molecule has 2 aromatic rings. The monoisotopic (exact) mass is 235 g/mol. The highest BCUT2D eigenvalue weighted by atomic mass is 19.1. The molecule has 0 atom stereocenters. The first-order valence-corrected chi connectivity index (χ1v) is 5.32. The van der Waals surface area contributed by atoms with Gasteiger partial charge >= 0.3 is 0 Å². The largest absolute Gasteiger partial charge is 0.497 e. The summed E-state index contributed by atoms with van der Waals surface area (Å²) < 4.78 is 23.9. The Morgan fingerprint density at radius 1 is 1.29 bits per heavy atom. The second-order valence-corrected chi connectivity index (χ2v) is 3.71. The normalized spacial score (nSPS) is 10.3. The highest BCUT2D eigenvalue weighted by Crippen LogP contribution is 2.21. The van der Waals surface area contributed by atoms with Gasteiger partial charge in [-0.15, -0.1) is 0 Å². The summed E-state index contributed by atoms with van der Waals surface area (Å²) >= 11 is 0. The van der Waals surface area contributed by atoms with Crippen molar-refractivity contribution in [2.75, 3.05) is 12.4 Å². The number of nitrogens with one attached hydrogen (secondary N) is 1. The summed E-state index contributed by atoms with van der Waals surface area (Å²) in [4.78, 5) is 0. The minimum absolute atomic E-state index is 0.311. The molecule has 90 valence electrons. The van der Waals surface area contributed by atoms with Gasteiger partial charge in [0.2, 0.25) is 0 Å². The minimum Gasteiger partial charge on any atom is -0.497 e. The second-order valence-electron chi connectivity index (χ2n) is 3.71. The van der Waals surface area contributed by atoms with Gasteiger partial charge in [0.25, 0.3) is 0 Å². The van der Waals surface area contributed by atoms with Gasteiger partial charge in [0.1, 0.15) is 23.1 Å². The van der Waals surface area contributed by atoms with Crippen molar-refractivity contribution in [3.05, 3.63) is 47.7 Å². The van der Waals surface area contributed by atoms with E-state index in [1.807, 2.05) is 19.1 Å². The fraction of sp³-hybridized carbons (Fsp3) is 0.231. The number of halogens is 1. The zero-order chi connectivity index (χ0) is 12.3. The lowest BCUT2D eigenvalue weighted by Crippen LogP contribution is -2.00. The summed E-state index contributed by atoms with van der Waals surface area (Å²) in [5.74, 6) is 1.91. The number of anilines is 1. The molecule has 0 spiro atoms. The third-order valence-electron chi connectivity index (χ3n) is 2.42. The Hall–Kier alpha value is -1.97. The summed E-state index contributed by atoms with van der Waals surface area (Å²) in [7, 11) is 1.55. The Bertz CT molecular complexity index is 508. The molecule has 0 aliphatic rings. The number of methoxy groups -OCH3 is 1. The third kappa shape index (κ3) is 2.78. The minimum atomic E-state index is -0.311. The first-order valence-electron chi connectivity index (χ1n) is 5.32. The highest BCUT2D eigenvalue weighted by Gasteiger charge is 2.05. The van der Waals surface area contributed by atoms with Crippen LogP contribution in [0.25, 0.3) is 0 Å². The van der Waals surface area contributed by atoms with Crippen LogP contribution in [0, 0.1) is 12.7 Å². The van der Waals surface area contributed by atoms with E-state index in [-0.39, 0.29) is 5.82 Å². The predicted molar refractivity (Wildman–Crippen MR) is 63.7 cm³/mol. The average Bonchev–Trinajstić information content (AvgIpc) is 2.74. The van der Waals surface area contributed by atoms with Crippen molar-refractivity contribution in [2.24, 2.45) is 0 Å².